The first-order chi connectivity index (χ1) is 12.7. The average Bonchev–Trinajstić information content (AvgIpc) is 2.59. The maximum atomic E-state index is 6.60. The molecule has 160 valence electrons. The van der Waals surface area contributed by atoms with E-state index in [9.17, 15) is 0 Å². The lowest BCUT2D eigenvalue weighted by Gasteiger charge is -2.59. The molecule has 2 nitrogen and oxygen atoms in total. The summed E-state index contributed by atoms with van der Waals surface area (Å²) in [6, 6.07) is 0.474. The van der Waals surface area contributed by atoms with Crippen molar-refractivity contribution in [3.05, 3.63) is 35.5 Å². The van der Waals surface area contributed by atoms with E-state index < -0.39 is 0 Å². The van der Waals surface area contributed by atoms with E-state index in [2.05, 4.69) is 111 Å². The van der Waals surface area contributed by atoms with Gasteiger partial charge in [-0.15, -0.1) is 11.6 Å². The van der Waals surface area contributed by atoms with Gasteiger partial charge < -0.3 is 4.90 Å². The highest BCUT2D eigenvalue weighted by atomic mass is 35.5. The minimum absolute atomic E-state index is 0.0206. The monoisotopic (exact) mass is 406 g/mol. The summed E-state index contributed by atoms with van der Waals surface area (Å²) < 4.78 is 0. The van der Waals surface area contributed by atoms with E-state index in [1.54, 1.807) is 5.57 Å². The highest BCUT2D eigenvalue weighted by Crippen LogP contribution is 2.60. The van der Waals surface area contributed by atoms with Crippen molar-refractivity contribution in [1.29, 1.82) is 0 Å². The van der Waals surface area contributed by atoms with Gasteiger partial charge >= 0.3 is 0 Å². The predicted octanol–water partition coefficient (Wildman–Crippen LogP) is 6.00. The molecule has 0 radical (unpaired) electrons. The molecule has 0 N–H and O–H groups in total. The summed E-state index contributed by atoms with van der Waals surface area (Å²) in [5.74, 6) is 1.02. The molecule has 0 bridgehead atoms. The van der Waals surface area contributed by atoms with E-state index in [-0.39, 0.29) is 21.8 Å². The van der Waals surface area contributed by atoms with Crippen molar-refractivity contribution in [3.63, 3.8) is 0 Å². The molecule has 0 aromatic rings. The number of alkyl halides is 1. The normalized spacial score (nSPS) is 36.0. The van der Waals surface area contributed by atoms with Gasteiger partial charge in [-0.2, -0.15) is 0 Å². The molecule has 0 aromatic heterocycles. The number of hydrogen-bond acceptors (Lipinski definition) is 2. The molecule has 0 saturated carbocycles. The summed E-state index contributed by atoms with van der Waals surface area (Å²) in [5, 5.41) is 0. The number of allylic oxidation sites excluding steroid dienone is 3. The molecule has 0 amide bonds. The van der Waals surface area contributed by atoms with Crippen molar-refractivity contribution >= 4 is 11.6 Å². The number of hydrogen-bond donors (Lipinski definition) is 0. The summed E-state index contributed by atoms with van der Waals surface area (Å²) in [6.45, 7) is 19.9. The molecule has 0 spiro atoms. The fraction of sp³-hybridized carbons (Fsp3) is 0.760. The zero-order chi connectivity index (χ0) is 21.7. The van der Waals surface area contributed by atoms with E-state index >= 15 is 0 Å². The summed E-state index contributed by atoms with van der Waals surface area (Å²) in [4.78, 5) is 4.85. The zero-order valence-electron chi connectivity index (χ0n) is 20.2. The Morgan fingerprint density at radius 1 is 1.04 bits per heavy atom. The second kappa shape index (κ2) is 7.60. The van der Waals surface area contributed by atoms with Gasteiger partial charge in [0.15, 0.2) is 0 Å². The second-order valence-electron chi connectivity index (χ2n) is 10.9. The molecule has 28 heavy (non-hydrogen) atoms. The van der Waals surface area contributed by atoms with Crippen LogP contribution in [0.25, 0.3) is 0 Å². The molecule has 0 heterocycles. The van der Waals surface area contributed by atoms with Crippen molar-refractivity contribution < 1.29 is 0 Å². The number of rotatable bonds is 6. The maximum absolute atomic E-state index is 6.60. The number of halogens is 1. The maximum Gasteiger partial charge on any atom is 0.0349 e. The van der Waals surface area contributed by atoms with Crippen LogP contribution in [0.1, 0.15) is 55.4 Å². The Balaban J connectivity index is 2.83. The minimum Gasteiger partial charge on any atom is -0.308 e. The largest absolute Gasteiger partial charge is 0.308 e. The molecular weight excluding hydrogens is 364 g/mol. The minimum atomic E-state index is -0.0966. The Morgan fingerprint density at radius 2 is 1.61 bits per heavy atom. The van der Waals surface area contributed by atoms with Crippen LogP contribution in [0, 0.1) is 22.2 Å². The van der Waals surface area contributed by atoms with Gasteiger partial charge in [0.25, 0.3) is 0 Å². The second-order valence-corrected chi connectivity index (χ2v) is 11.2. The third kappa shape index (κ3) is 3.55. The molecule has 0 aliphatic heterocycles. The van der Waals surface area contributed by atoms with Gasteiger partial charge in [-0.25, -0.2) is 0 Å². The molecule has 4 unspecified atom stereocenters. The van der Waals surface area contributed by atoms with Crippen LogP contribution in [0.5, 0.6) is 0 Å². The average molecular weight is 407 g/mol. The molecule has 2 aliphatic rings. The van der Waals surface area contributed by atoms with Crippen LogP contribution >= 0.6 is 11.6 Å². The van der Waals surface area contributed by atoms with Gasteiger partial charge in [0.1, 0.15) is 0 Å². The summed E-state index contributed by atoms with van der Waals surface area (Å²) >= 11 is 6.60. The first-order valence-corrected chi connectivity index (χ1v) is 11.3. The molecule has 2 rings (SSSR count). The number of nitrogens with zero attached hydrogens (tertiary/aromatic N) is 2. The van der Waals surface area contributed by atoms with Crippen molar-refractivity contribution in [3.8, 4) is 0 Å². The SMILES string of the molecule is CC1C=CC(C)(CN(C)C)C2=C1C(C)(CCl)C=CC2(C)C(C)(C)N(C)C(C)C. The van der Waals surface area contributed by atoms with Crippen LogP contribution in [0.4, 0.5) is 0 Å². The van der Waals surface area contributed by atoms with Crippen LogP contribution in [-0.4, -0.2) is 54.9 Å². The van der Waals surface area contributed by atoms with Crippen LogP contribution in [0.2, 0.25) is 0 Å². The van der Waals surface area contributed by atoms with Gasteiger partial charge in [0.05, 0.1) is 0 Å². The van der Waals surface area contributed by atoms with E-state index in [0.29, 0.717) is 17.8 Å². The van der Waals surface area contributed by atoms with Gasteiger partial charge in [-0.3, -0.25) is 4.90 Å². The molecule has 2 aliphatic carbocycles. The third-order valence-electron chi connectivity index (χ3n) is 7.82. The lowest BCUT2D eigenvalue weighted by Crippen LogP contribution is -2.60. The smallest absolute Gasteiger partial charge is 0.0349 e. The Kier molecular flexibility index (Phi) is 6.43. The van der Waals surface area contributed by atoms with Gasteiger partial charge in [0.2, 0.25) is 0 Å². The fourth-order valence-electron chi connectivity index (χ4n) is 5.70. The molecule has 0 saturated heterocycles. The Hall–Kier alpha value is -0.570. The zero-order valence-corrected chi connectivity index (χ0v) is 20.9. The van der Waals surface area contributed by atoms with E-state index in [1.807, 2.05) is 0 Å². The van der Waals surface area contributed by atoms with Crippen molar-refractivity contribution in [2.75, 3.05) is 33.6 Å². The lowest BCUT2D eigenvalue weighted by molar-refractivity contribution is 0.0317. The Labute approximate surface area is 179 Å². The van der Waals surface area contributed by atoms with E-state index in [4.69, 9.17) is 11.6 Å². The van der Waals surface area contributed by atoms with Gasteiger partial charge in [0, 0.05) is 40.3 Å². The molecule has 0 fully saturated rings. The summed E-state index contributed by atoms with van der Waals surface area (Å²) in [7, 11) is 6.63. The van der Waals surface area contributed by atoms with Crippen LogP contribution < -0.4 is 0 Å². The van der Waals surface area contributed by atoms with Crippen LogP contribution in [0.3, 0.4) is 0 Å². The molecule has 4 atom stereocenters. The molecule has 3 heteroatoms. The summed E-state index contributed by atoms with van der Waals surface area (Å²) in [6.07, 6.45) is 9.76. The van der Waals surface area contributed by atoms with Gasteiger partial charge in [-0.05, 0) is 60.3 Å². The molecule has 0 aromatic carbocycles. The summed E-state index contributed by atoms with van der Waals surface area (Å²) in [5.41, 5.74) is 2.87. The molecular formula is C25H43ClN2. The predicted molar refractivity (Wildman–Crippen MR) is 125 cm³/mol. The highest BCUT2D eigenvalue weighted by Gasteiger charge is 2.55. The third-order valence-corrected chi connectivity index (χ3v) is 8.37. The Morgan fingerprint density at radius 3 is 2.07 bits per heavy atom. The quantitative estimate of drug-likeness (QED) is 0.394. The van der Waals surface area contributed by atoms with E-state index in [1.165, 1.54) is 5.57 Å². The first kappa shape index (κ1) is 23.7. The first-order valence-electron chi connectivity index (χ1n) is 10.8. The van der Waals surface area contributed by atoms with E-state index in [0.717, 1.165) is 6.54 Å². The highest BCUT2D eigenvalue weighted by molar-refractivity contribution is 6.18. The standard InChI is InChI=1S/C25H43ClN2/c1-18(2)28(11)22(4,5)25(8)15-14-23(6,16-26)20-19(3)12-13-24(7,21(20)25)17-27(9)10/h12-15,18-19H,16-17H2,1-11H3. The van der Waals surface area contributed by atoms with Gasteiger partial charge in [-0.1, -0.05) is 57.6 Å². The van der Waals surface area contributed by atoms with Crippen LogP contribution in [0.15, 0.2) is 35.5 Å². The topological polar surface area (TPSA) is 6.48 Å². The van der Waals surface area contributed by atoms with Crippen molar-refractivity contribution in [2.45, 2.75) is 67.0 Å². The van der Waals surface area contributed by atoms with Crippen LogP contribution in [-0.2, 0) is 0 Å². The lowest BCUT2D eigenvalue weighted by atomic mass is 9.50. The fourth-order valence-corrected chi connectivity index (χ4v) is 5.93. The van der Waals surface area contributed by atoms with Crippen molar-refractivity contribution in [1.82, 2.24) is 9.80 Å². The Bertz CT molecular complexity index is 687. The van der Waals surface area contributed by atoms with Crippen molar-refractivity contribution in [2.24, 2.45) is 22.2 Å².